The van der Waals surface area contributed by atoms with Gasteiger partial charge in [0.05, 0.1) is 37.3 Å². The molecule has 9 rings (SSSR count). The van der Waals surface area contributed by atoms with Crippen molar-refractivity contribution in [2.45, 2.75) is 201 Å². The van der Waals surface area contributed by atoms with E-state index in [1.807, 2.05) is 0 Å². The predicted molar refractivity (Wildman–Crippen MR) is 480 cm³/mol. The normalized spacial score (nSPS) is 24.4. The Morgan fingerprint density at radius 1 is 0.496 bits per heavy atom. The minimum absolute atomic E-state index is 0.164. The number of carboxylic acid groups (broad SMARTS) is 1. The highest BCUT2D eigenvalue weighted by Crippen LogP contribution is 2.29. The van der Waals surface area contributed by atoms with Crippen LogP contribution in [0.25, 0.3) is 10.9 Å². The SMILES string of the molecule is CCCC[C@H]1C(=O)N2C[C@H](O)C[C@@H]2C(=O)N[C@@H](CC(=O)O)C(=O)N[C@@H](C(C)C)C(=O)N(C)[C@@H](Cc2ccccc2)C(=O)N[C@@H](CCC(N)=O)C(=O)N2C[C@H](O)C[C@@H]2C(=O)N[C@@H](Cc2c[nH]c3ccccc23)C(=O)N[C@@H](Cc2ccc(O)cc2)C(=O)N[C@@H](CC(N)=O)C(=O)N[C@H](C(=O)NCC(N)=O)CSCC(=O)N[C@@H](Cc2cc(F)c(F)c(F)c2)C(=O)N(C)[C@@H](Cc2ccccc2)C(=O)N1C. The number of H-pyrrole nitrogens is 1. The highest BCUT2D eigenvalue weighted by molar-refractivity contribution is 8.00. The van der Waals surface area contributed by atoms with Gasteiger partial charge >= 0.3 is 5.97 Å². The van der Waals surface area contributed by atoms with Crippen LogP contribution in [-0.4, -0.2) is 299 Å². The van der Waals surface area contributed by atoms with Crippen LogP contribution in [0.1, 0.15) is 106 Å². The predicted octanol–water partition coefficient (Wildman–Crippen LogP) is -2.10. The Morgan fingerprint density at radius 3 is 1.56 bits per heavy atom. The molecule has 0 unspecified atom stereocenters. The highest BCUT2D eigenvalue weighted by atomic mass is 32.2. The Morgan fingerprint density at radius 2 is 0.993 bits per heavy atom. The van der Waals surface area contributed by atoms with Crippen molar-refractivity contribution in [2.75, 3.05) is 52.3 Å². The molecular weight excluding hydrogens is 1790 g/mol. The lowest BCUT2D eigenvalue weighted by Gasteiger charge is -2.38. The number of thioether (sulfide) groups is 1. The zero-order valence-corrected chi connectivity index (χ0v) is 75.8. The van der Waals surface area contributed by atoms with Gasteiger partial charge in [0, 0.05) is 108 Å². The molecule has 1 aromatic heterocycles. The number of unbranched alkanes of at least 4 members (excludes halogenated alkanes) is 1. The van der Waals surface area contributed by atoms with Gasteiger partial charge in [0.15, 0.2) is 17.5 Å². The summed E-state index contributed by atoms with van der Waals surface area (Å²) in [4.78, 5) is 270. The van der Waals surface area contributed by atoms with Gasteiger partial charge in [0.2, 0.25) is 100 Å². The Labute approximate surface area is 778 Å². The minimum atomic E-state index is -2.08. The summed E-state index contributed by atoms with van der Waals surface area (Å²) in [5, 5.41) is 66.3. The van der Waals surface area contributed by atoms with Crippen molar-refractivity contribution in [1.82, 2.24) is 77.3 Å². The summed E-state index contributed by atoms with van der Waals surface area (Å²) < 4.78 is 45.0. The average molecular weight is 1900 g/mol. The van der Waals surface area contributed by atoms with Gasteiger partial charge in [0.1, 0.15) is 84.3 Å². The molecule has 20 N–H and O–H groups in total. The number of benzene rings is 5. The van der Waals surface area contributed by atoms with Crippen LogP contribution in [0.2, 0.25) is 0 Å². The number of fused-ring (bicyclic) bond motifs is 3. The number of carbonyl (C=O) groups excluding carboxylic acids is 17. The lowest BCUT2D eigenvalue weighted by Crippen LogP contribution is -2.62. The van der Waals surface area contributed by atoms with Gasteiger partial charge in [-0.15, -0.1) is 11.8 Å². The van der Waals surface area contributed by atoms with Gasteiger partial charge in [-0.3, -0.25) is 86.3 Å². The van der Waals surface area contributed by atoms with E-state index in [2.05, 4.69) is 52.8 Å². The van der Waals surface area contributed by atoms with E-state index in [1.54, 1.807) is 91.9 Å². The van der Waals surface area contributed by atoms with Gasteiger partial charge < -0.3 is 115 Å². The summed E-state index contributed by atoms with van der Waals surface area (Å²) >= 11 is 0.552. The van der Waals surface area contributed by atoms with Gasteiger partial charge in [-0.2, -0.15) is 0 Å². The molecule has 15 atom stereocenters. The third-order valence-corrected chi connectivity index (χ3v) is 24.5. The zero-order chi connectivity index (χ0) is 98.9. The standard InChI is InChI=1S/C91H113F3N18O22S/c1-7-8-23-67-90(133)112-44-55(115)38-70(112)86(129)105-64(40-76(120)121)83(126)107-78(47(2)3)91(134)109(5)68(34-48-17-11-9-12-18-48)84(127)101-60(28-29-72(95)116)88(131)111-43-54(114)37-69(111)85(128)104-62(36-52-41-98-59-22-16-15-21-56(52)59)81(124)102-61(32-50-24-26-53(113)27-25-50)80(123)103-63(39-73(96)117)82(125)106-66(79(122)99-42-74(97)118)45-135-46-75(119)100-65(33-51-30-57(92)77(94)58(93)31-51)87(130)110(6)71(89(132)108(67)4)35-49-19-13-10-14-20-49/h9-22,24-27,30-31,41,47,54-55,60-71,78,98,113-115H,7-8,23,28-29,32-40,42-46H2,1-6H3,(H2,95,116)(H2,96,117)(H2,97,118)(H,99,122)(H,100,119)(H,101,127)(H,102,124)(H,103,123)(H,104,128)(H,105,129)(H,106,125)(H,107,126)(H,120,121)/t54-,55-,60+,61+,62+,63+,64+,65+,66+,67+,68+,69-,70-,71+,78+/m1/s1. The molecule has 0 saturated carbocycles. The number of nitrogens with zero attached hydrogens (tertiary/aromatic N) is 5. The van der Waals surface area contributed by atoms with Crippen molar-refractivity contribution in [3.8, 4) is 5.75 Å². The molecule has 17 amide bonds. The molecule has 726 valence electrons. The van der Waals surface area contributed by atoms with Crippen LogP contribution < -0.4 is 65.1 Å². The monoisotopic (exact) mass is 1900 g/mol. The second-order valence-corrected chi connectivity index (χ2v) is 34.9. The fraction of sp³-hybridized carbons (Fsp3) is 0.451. The topological polar surface area (TPSA) is 607 Å². The summed E-state index contributed by atoms with van der Waals surface area (Å²) in [6.07, 6.45) is -8.02. The molecule has 5 aromatic carbocycles. The van der Waals surface area contributed by atoms with Crippen LogP contribution in [0, 0.1) is 23.4 Å². The number of para-hydroxylation sites is 1. The summed E-state index contributed by atoms with van der Waals surface area (Å²) in [5.41, 5.74) is 18.3. The van der Waals surface area contributed by atoms with Crippen molar-refractivity contribution < 1.29 is 120 Å². The molecule has 0 radical (unpaired) electrons. The number of aromatic nitrogens is 1. The number of phenolic OH excluding ortho intramolecular Hbond substituents is 1. The number of rotatable bonds is 24. The number of hydrogen-bond acceptors (Lipinski definition) is 22. The molecule has 0 spiro atoms. The first-order chi connectivity index (χ1) is 64.0. The molecule has 3 fully saturated rings. The summed E-state index contributed by atoms with van der Waals surface area (Å²) in [5.74, 6) is -29.0. The maximum atomic E-state index is 15.7. The smallest absolute Gasteiger partial charge is 0.305 e. The van der Waals surface area contributed by atoms with Crippen LogP contribution >= 0.6 is 11.8 Å². The fourth-order valence-electron chi connectivity index (χ4n) is 16.2. The van der Waals surface area contributed by atoms with Gasteiger partial charge in [-0.25, -0.2) is 13.2 Å². The van der Waals surface area contributed by atoms with Crippen LogP contribution in [0.15, 0.2) is 128 Å². The number of nitrogens with one attached hydrogen (secondary N) is 10. The summed E-state index contributed by atoms with van der Waals surface area (Å²) in [7, 11) is 3.50. The summed E-state index contributed by atoms with van der Waals surface area (Å²) in [6.45, 7) is 2.62. The lowest BCUT2D eigenvalue weighted by molar-refractivity contribution is -0.152. The number of primary amides is 3. The molecule has 44 heteroatoms. The number of nitrogens with two attached hydrogens (primary N) is 3. The van der Waals surface area contributed by atoms with E-state index in [0.29, 0.717) is 57.9 Å². The van der Waals surface area contributed by atoms with Gasteiger partial charge in [-0.1, -0.05) is 125 Å². The van der Waals surface area contributed by atoms with Crippen molar-refractivity contribution in [1.29, 1.82) is 0 Å². The van der Waals surface area contributed by atoms with Crippen molar-refractivity contribution in [2.24, 2.45) is 23.1 Å². The van der Waals surface area contributed by atoms with Gasteiger partial charge in [-0.05, 0) is 76.9 Å². The average Bonchev–Trinajstić information content (AvgIpc) is 1.68. The van der Waals surface area contributed by atoms with E-state index < -0.39 is 315 Å². The Kier molecular flexibility index (Phi) is 37.7. The maximum Gasteiger partial charge on any atom is 0.305 e. The van der Waals surface area contributed by atoms with Crippen LogP contribution in [0.4, 0.5) is 13.2 Å². The maximum absolute atomic E-state index is 15.7. The van der Waals surface area contributed by atoms with Crippen LogP contribution in [0.5, 0.6) is 5.75 Å². The molecular formula is C91H113F3N18O22S. The molecule has 40 nitrogen and oxygen atoms in total. The number of aromatic hydroxyl groups is 1. The first kappa shape index (κ1) is 105. The number of carboxylic acids is 1. The van der Waals surface area contributed by atoms with E-state index in [4.69, 9.17) is 17.2 Å². The molecule has 3 aliphatic heterocycles. The first-order valence-electron chi connectivity index (χ1n) is 43.7. The number of carbonyl (C=O) groups is 18. The Hall–Kier alpha value is -14.0. The lowest BCUT2D eigenvalue weighted by atomic mass is 9.98. The summed E-state index contributed by atoms with van der Waals surface area (Å²) in [6, 6.07) is 5.44. The number of likely N-dealkylation sites (N-methyl/N-ethyl adjacent to an activating group) is 3. The highest BCUT2D eigenvalue weighted by Gasteiger charge is 2.48. The third-order valence-electron chi connectivity index (χ3n) is 23.4. The van der Waals surface area contributed by atoms with E-state index in [-0.39, 0.29) is 37.0 Å². The van der Waals surface area contributed by atoms with Crippen molar-refractivity contribution >= 4 is 129 Å². The number of aliphatic carboxylic acids is 1. The Balaban J connectivity index is 1.15. The van der Waals surface area contributed by atoms with Crippen molar-refractivity contribution in [3.05, 3.63) is 173 Å². The van der Waals surface area contributed by atoms with E-state index in [9.17, 15) is 68.0 Å². The molecule has 6 aromatic rings. The van der Waals surface area contributed by atoms with Crippen LogP contribution in [-0.2, 0) is 118 Å². The van der Waals surface area contributed by atoms with Crippen molar-refractivity contribution in [3.63, 3.8) is 0 Å². The first-order valence-corrected chi connectivity index (χ1v) is 44.8. The van der Waals surface area contributed by atoms with E-state index >= 15 is 51.9 Å². The number of aliphatic hydroxyl groups is 2. The number of phenols is 1. The quantitative estimate of drug-likeness (QED) is 0.0289. The molecule has 3 aliphatic rings. The number of amides is 17. The molecule has 135 heavy (non-hydrogen) atoms. The molecule has 0 aliphatic carbocycles. The second-order valence-electron chi connectivity index (χ2n) is 33.9. The Bertz CT molecular complexity index is 5330. The number of aliphatic hydroxyl groups excluding tert-OH is 2. The number of hydrogen-bond donors (Lipinski definition) is 17. The molecule has 3 saturated heterocycles. The largest absolute Gasteiger partial charge is 0.508 e. The third kappa shape index (κ3) is 29.0. The second kappa shape index (κ2) is 48.6. The van der Waals surface area contributed by atoms with E-state index in [0.717, 1.165) is 31.5 Å². The zero-order valence-electron chi connectivity index (χ0n) is 74.9. The van der Waals surface area contributed by atoms with E-state index in [1.165, 1.54) is 58.4 Å². The number of halogens is 3. The molecule has 0 bridgehead atoms. The molecule has 4 heterocycles. The minimum Gasteiger partial charge on any atom is -0.508 e. The van der Waals surface area contributed by atoms with Gasteiger partial charge in [0.25, 0.3) is 0 Å². The van der Waals surface area contributed by atoms with Crippen LogP contribution in [0.3, 0.4) is 0 Å². The fourth-order valence-corrected chi connectivity index (χ4v) is 17.1. The number of aromatic amines is 1.